The van der Waals surface area contributed by atoms with Crippen molar-refractivity contribution in [1.82, 2.24) is 9.88 Å². The van der Waals surface area contributed by atoms with Crippen LogP contribution in [0.25, 0.3) is 0 Å². The molecule has 1 N–H and O–H groups in total. The highest BCUT2D eigenvalue weighted by atomic mass is 35.5. The number of rotatable bonds is 4. The van der Waals surface area contributed by atoms with E-state index in [4.69, 9.17) is 11.6 Å². The van der Waals surface area contributed by atoms with E-state index in [2.05, 4.69) is 17.2 Å². The number of benzene rings is 1. The molecule has 1 atom stereocenters. The Morgan fingerprint density at radius 2 is 2.11 bits per heavy atom. The third-order valence-electron chi connectivity index (χ3n) is 4.78. The number of carbonyl (C=O) groups is 2. The van der Waals surface area contributed by atoms with E-state index in [0.29, 0.717) is 11.3 Å². The lowest BCUT2D eigenvalue weighted by atomic mass is 9.99. The van der Waals surface area contributed by atoms with Gasteiger partial charge in [0.1, 0.15) is 11.5 Å². The number of pyridine rings is 1. The Labute approximate surface area is 162 Å². The summed E-state index contributed by atoms with van der Waals surface area (Å²) < 4.78 is 13.2. The normalized spacial score (nSPS) is 16.9. The molecular weight excluding hydrogens is 369 g/mol. The first-order valence-electron chi connectivity index (χ1n) is 9.03. The van der Waals surface area contributed by atoms with Gasteiger partial charge in [-0.05, 0) is 56.0 Å². The molecule has 1 unspecified atom stereocenters. The lowest BCUT2D eigenvalue weighted by Gasteiger charge is -2.35. The quantitative estimate of drug-likeness (QED) is 0.835. The molecule has 27 heavy (non-hydrogen) atoms. The number of anilines is 1. The van der Waals surface area contributed by atoms with Crippen LogP contribution in [0.3, 0.4) is 0 Å². The number of hydrogen-bond donors (Lipinski definition) is 1. The lowest BCUT2D eigenvalue weighted by molar-refractivity contribution is 0.0608. The average Bonchev–Trinajstić information content (AvgIpc) is 2.70. The largest absolute Gasteiger partial charge is 0.336 e. The van der Waals surface area contributed by atoms with Gasteiger partial charge in [-0.1, -0.05) is 18.5 Å². The standard InChI is InChI=1S/C20H21ClFN3O2/c1-2-15-5-3-4-10-25(15)20(27)13-8-9-23-18(11-13)19(26)24-14-6-7-17(22)16(21)12-14/h6-9,11-12,15H,2-5,10H2,1H3,(H,24,26). The first kappa shape index (κ1) is 19.3. The molecule has 1 aromatic carbocycles. The summed E-state index contributed by atoms with van der Waals surface area (Å²) in [5, 5.41) is 2.53. The van der Waals surface area contributed by atoms with Crippen molar-refractivity contribution in [1.29, 1.82) is 0 Å². The number of carbonyl (C=O) groups excluding carboxylic acids is 2. The second-order valence-corrected chi connectivity index (χ2v) is 6.98. The predicted octanol–water partition coefficient (Wildman–Crippen LogP) is 4.53. The van der Waals surface area contributed by atoms with Crippen LogP contribution < -0.4 is 5.32 Å². The monoisotopic (exact) mass is 389 g/mol. The molecule has 0 radical (unpaired) electrons. The van der Waals surface area contributed by atoms with Crippen molar-refractivity contribution in [3.8, 4) is 0 Å². The Morgan fingerprint density at radius 3 is 2.85 bits per heavy atom. The number of amides is 2. The molecule has 1 saturated heterocycles. The maximum absolute atomic E-state index is 13.2. The Kier molecular flexibility index (Phi) is 6.06. The zero-order chi connectivity index (χ0) is 19.4. The fourth-order valence-corrected chi connectivity index (χ4v) is 3.50. The Hall–Kier alpha value is -2.47. The van der Waals surface area contributed by atoms with Crippen molar-refractivity contribution >= 4 is 29.1 Å². The number of aromatic nitrogens is 1. The van der Waals surface area contributed by atoms with E-state index in [0.717, 1.165) is 32.2 Å². The van der Waals surface area contributed by atoms with Gasteiger partial charge in [-0.3, -0.25) is 14.6 Å². The second kappa shape index (κ2) is 8.48. The minimum Gasteiger partial charge on any atom is -0.336 e. The summed E-state index contributed by atoms with van der Waals surface area (Å²) in [6.45, 7) is 2.81. The fraction of sp³-hybridized carbons (Fsp3) is 0.350. The van der Waals surface area contributed by atoms with E-state index in [1.807, 2.05) is 4.90 Å². The summed E-state index contributed by atoms with van der Waals surface area (Å²) in [6.07, 6.45) is 5.49. The van der Waals surface area contributed by atoms with Gasteiger partial charge < -0.3 is 10.2 Å². The summed E-state index contributed by atoms with van der Waals surface area (Å²) >= 11 is 5.73. The van der Waals surface area contributed by atoms with Crippen LogP contribution in [0.15, 0.2) is 36.5 Å². The minimum absolute atomic E-state index is 0.0807. The number of nitrogens with zero attached hydrogens (tertiary/aromatic N) is 2. The van der Waals surface area contributed by atoms with Crippen LogP contribution >= 0.6 is 11.6 Å². The first-order chi connectivity index (χ1) is 13.0. The smallest absolute Gasteiger partial charge is 0.274 e. The average molecular weight is 390 g/mol. The number of likely N-dealkylation sites (tertiary alicyclic amines) is 1. The van der Waals surface area contributed by atoms with Gasteiger partial charge in [-0.2, -0.15) is 0 Å². The first-order valence-corrected chi connectivity index (χ1v) is 9.41. The van der Waals surface area contributed by atoms with E-state index in [9.17, 15) is 14.0 Å². The van der Waals surface area contributed by atoms with E-state index >= 15 is 0 Å². The van der Waals surface area contributed by atoms with Crippen LogP contribution in [0, 0.1) is 5.82 Å². The summed E-state index contributed by atoms with van der Waals surface area (Å²) in [7, 11) is 0. The molecule has 0 aliphatic carbocycles. The highest BCUT2D eigenvalue weighted by Gasteiger charge is 2.26. The highest BCUT2D eigenvalue weighted by molar-refractivity contribution is 6.31. The van der Waals surface area contributed by atoms with Crippen LogP contribution in [0.2, 0.25) is 5.02 Å². The molecule has 2 heterocycles. The molecule has 5 nitrogen and oxygen atoms in total. The molecule has 0 saturated carbocycles. The van der Waals surface area contributed by atoms with Crippen LogP contribution in [0.1, 0.15) is 53.5 Å². The van der Waals surface area contributed by atoms with Gasteiger partial charge in [-0.25, -0.2) is 4.39 Å². The third kappa shape index (κ3) is 4.45. The van der Waals surface area contributed by atoms with Crippen LogP contribution in [0.5, 0.6) is 0 Å². The molecule has 1 fully saturated rings. The van der Waals surface area contributed by atoms with Gasteiger partial charge in [0.25, 0.3) is 11.8 Å². The summed E-state index contributed by atoms with van der Waals surface area (Å²) in [6, 6.07) is 7.25. The molecule has 1 aromatic heterocycles. The summed E-state index contributed by atoms with van der Waals surface area (Å²) in [4.78, 5) is 31.3. The Balaban J connectivity index is 1.77. The second-order valence-electron chi connectivity index (χ2n) is 6.57. The van der Waals surface area contributed by atoms with E-state index < -0.39 is 11.7 Å². The van der Waals surface area contributed by atoms with Gasteiger partial charge in [0.15, 0.2) is 0 Å². The van der Waals surface area contributed by atoms with Gasteiger partial charge in [0, 0.05) is 30.0 Å². The maximum Gasteiger partial charge on any atom is 0.274 e. The van der Waals surface area contributed by atoms with Gasteiger partial charge >= 0.3 is 0 Å². The number of piperidine rings is 1. The molecule has 0 bridgehead atoms. The molecule has 1 aliphatic rings. The molecular formula is C20H21ClFN3O2. The molecule has 3 rings (SSSR count). The van der Waals surface area contributed by atoms with Gasteiger partial charge in [0.2, 0.25) is 0 Å². The maximum atomic E-state index is 13.2. The van der Waals surface area contributed by atoms with E-state index in [1.54, 1.807) is 6.07 Å². The third-order valence-corrected chi connectivity index (χ3v) is 5.07. The van der Waals surface area contributed by atoms with Crippen molar-refractivity contribution in [3.63, 3.8) is 0 Å². The Morgan fingerprint density at radius 1 is 1.30 bits per heavy atom. The van der Waals surface area contributed by atoms with Gasteiger partial charge in [0.05, 0.1) is 5.02 Å². The molecule has 142 valence electrons. The molecule has 7 heteroatoms. The molecule has 1 aliphatic heterocycles. The summed E-state index contributed by atoms with van der Waals surface area (Å²) in [5.41, 5.74) is 0.908. The van der Waals surface area contributed by atoms with Crippen LogP contribution in [-0.2, 0) is 0 Å². The zero-order valence-corrected chi connectivity index (χ0v) is 15.8. The number of halogens is 2. The molecule has 0 spiro atoms. The number of hydrogen-bond acceptors (Lipinski definition) is 3. The minimum atomic E-state index is -0.563. The highest BCUT2D eigenvalue weighted by Crippen LogP contribution is 2.22. The molecule has 2 aromatic rings. The van der Waals surface area contributed by atoms with Crippen LogP contribution in [0.4, 0.5) is 10.1 Å². The lowest BCUT2D eigenvalue weighted by Crippen LogP contribution is -2.43. The van der Waals surface area contributed by atoms with E-state index in [-0.39, 0.29) is 22.7 Å². The fourth-order valence-electron chi connectivity index (χ4n) is 3.31. The number of nitrogens with one attached hydrogen (secondary N) is 1. The van der Waals surface area contributed by atoms with Crippen molar-refractivity contribution in [2.45, 2.75) is 38.6 Å². The Bertz CT molecular complexity index is 859. The van der Waals surface area contributed by atoms with Gasteiger partial charge in [-0.15, -0.1) is 0 Å². The van der Waals surface area contributed by atoms with Crippen molar-refractivity contribution in [2.24, 2.45) is 0 Å². The zero-order valence-electron chi connectivity index (χ0n) is 15.0. The summed E-state index contributed by atoms with van der Waals surface area (Å²) in [5.74, 6) is -1.13. The molecule has 2 amide bonds. The van der Waals surface area contributed by atoms with Crippen molar-refractivity contribution in [3.05, 3.63) is 58.6 Å². The van der Waals surface area contributed by atoms with Crippen molar-refractivity contribution < 1.29 is 14.0 Å². The van der Waals surface area contributed by atoms with E-state index in [1.165, 1.54) is 30.5 Å². The SMILES string of the molecule is CCC1CCCCN1C(=O)c1ccnc(C(=O)Nc2ccc(F)c(Cl)c2)c1. The predicted molar refractivity (Wildman–Crippen MR) is 103 cm³/mol. The van der Waals surface area contributed by atoms with Crippen molar-refractivity contribution in [2.75, 3.05) is 11.9 Å². The van der Waals surface area contributed by atoms with Crippen LogP contribution in [-0.4, -0.2) is 34.3 Å². The topological polar surface area (TPSA) is 62.3 Å².